The minimum absolute atomic E-state index is 0.0809. The third-order valence-corrected chi connectivity index (χ3v) is 5.13. The summed E-state index contributed by atoms with van der Waals surface area (Å²) in [4.78, 5) is 26.8. The van der Waals surface area contributed by atoms with Crippen LogP contribution in [-0.4, -0.2) is 35.6 Å². The molecule has 8 nitrogen and oxygen atoms in total. The van der Waals surface area contributed by atoms with Crippen LogP contribution in [0.5, 0.6) is 5.75 Å². The number of hydrogen-bond donors (Lipinski definition) is 3. The number of carbonyl (C=O) groups excluding carboxylic acids is 2. The van der Waals surface area contributed by atoms with Crippen LogP contribution in [0.25, 0.3) is 10.9 Å². The van der Waals surface area contributed by atoms with Crippen LogP contribution in [0, 0.1) is 0 Å². The van der Waals surface area contributed by atoms with E-state index in [1.165, 1.54) is 18.3 Å². The number of rotatable bonds is 2. The van der Waals surface area contributed by atoms with E-state index < -0.39 is 26.9 Å². The largest absolute Gasteiger partial charge is 0.506 e. The summed E-state index contributed by atoms with van der Waals surface area (Å²) in [7, 11) is -4.26. The van der Waals surface area contributed by atoms with E-state index in [0.29, 0.717) is 0 Å². The van der Waals surface area contributed by atoms with Crippen molar-refractivity contribution < 1.29 is 23.1 Å². The molecule has 1 saturated heterocycles. The van der Waals surface area contributed by atoms with Crippen LogP contribution in [0.1, 0.15) is 0 Å². The fourth-order valence-electron chi connectivity index (χ4n) is 2.16. The lowest BCUT2D eigenvalue weighted by Gasteiger charge is -2.10. The first-order valence-electron chi connectivity index (χ1n) is 5.83. The lowest BCUT2D eigenvalue weighted by Crippen LogP contribution is -2.34. The van der Waals surface area contributed by atoms with Gasteiger partial charge < -0.3 is 5.11 Å². The molecular formula is C12H9N3O5S. The summed E-state index contributed by atoms with van der Waals surface area (Å²) in [6, 6.07) is 5.25. The number of nitrogens with zero attached hydrogens (tertiary/aromatic N) is 1. The predicted octanol–water partition coefficient (Wildman–Crippen LogP) is -0.756. The van der Waals surface area contributed by atoms with Crippen LogP contribution in [0.15, 0.2) is 35.4 Å². The highest BCUT2D eigenvalue weighted by Crippen LogP contribution is 2.31. The zero-order valence-electron chi connectivity index (χ0n) is 10.4. The molecule has 0 atom stereocenters. The molecule has 3 rings (SSSR count). The average Bonchev–Trinajstić information content (AvgIpc) is 2.79. The highest BCUT2D eigenvalue weighted by Gasteiger charge is 2.45. The maximum atomic E-state index is 12.5. The molecule has 0 aliphatic carbocycles. The monoisotopic (exact) mass is 307 g/mol. The number of hydrogen-bond acceptors (Lipinski definition) is 6. The summed E-state index contributed by atoms with van der Waals surface area (Å²) in [5.41, 5.74) is 4.02. The van der Waals surface area contributed by atoms with Gasteiger partial charge in [0.2, 0.25) is 5.25 Å². The molecule has 0 spiro atoms. The molecule has 0 unspecified atom stereocenters. The molecule has 1 aromatic carbocycles. The average molecular weight is 307 g/mol. The summed E-state index contributed by atoms with van der Waals surface area (Å²) in [5, 5.41) is 8.00. The number of nitrogens with one attached hydrogen (secondary N) is 2. The minimum atomic E-state index is -4.26. The van der Waals surface area contributed by atoms with E-state index in [9.17, 15) is 23.1 Å². The number of pyridine rings is 1. The van der Waals surface area contributed by atoms with E-state index in [1.54, 1.807) is 0 Å². The van der Waals surface area contributed by atoms with E-state index in [0.717, 1.165) is 12.1 Å². The third kappa shape index (κ3) is 1.89. The van der Waals surface area contributed by atoms with Crippen molar-refractivity contribution in [2.75, 3.05) is 0 Å². The number of sulfone groups is 1. The molecule has 108 valence electrons. The Hall–Kier alpha value is -2.68. The molecule has 1 aliphatic heterocycles. The van der Waals surface area contributed by atoms with Gasteiger partial charge in [-0.25, -0.2) is 8.42 Å². The van der Waals surface area contributed by atoms with Gasteiger partial charge in [0.1, 0.15) is 11.3 Å². The smallest absolute Gasteiger partial charge is 0.266 e. The summed E-state index contributed by atoms with van der Waals surface area (Å²) >= 11 is 0. The van der Waals surface area contributed by atoms with E-state index in [4.69, 9.17) is 0 Å². The highest BCUT2D eigenvalue weighted by molar-refractivity contribution is 7.93. The molecule has 21 heavy (non-hydrogen) atoms. The van der Waals surface area contributed by atoms with Gasteiger partial charge in [-0.1, -0.05) is 0 Å². The number of benzene rings is 1. The second-order valence-electron chi connectivity index (χ2n) is 4.39. The number of fused-ring (bicyclic) bond motifs is 1. The Labute approximate surface area is 118 Å². The summed E-state index contributed by atoms with van der Waals surface area (Å²) in [6.45, 7) is 0. The second kappa shape index (κ2) is 4.42. The first-order valence-corrected chi connectivity index (χ1v) is 7.38. The maximum Gasteiger partial charge on any atom is 0.266 e. The van der Waals surface area contributed by atoms with Gasteiger partial charge in [0.25, 0.3) is 11.8 Å². The van der Waals surface area contributed by atoms with E-state index in [1.807, 2.05) is 10.9 Å². The molecule has 3 N–H and O–H groups in total. The lowest BCUT2D eigenvalue weighted by atomic mass is 10.2. The molecule has 1 aromatic heterocycles. The standard InChI is InChI=1S/C12H9N3O5S/c16-7-3-4-8(6-2-1-5-13-9(6)7)21(19,20)10-11(17)14-15-12(10)18/h1-5,10,16H,(H,14,17)(H,15,18). The second-order valence-corrected chi connectivity index (χ2v) is 6.39. The molecular weight excluding hydrogens is 298 g/mol. The van der Waals surface area contributed by atoms with Gasteiger partial charge in [-0.05, 0) is 24.3 Å². The van der Waals surface area contributed by atoms with Crippen molar-refractivity contribution in [1.82, 2.24) is 15.8 Å². The van der Waals surface area contributed by atoms with Gasteiger partial charge in [0.05, 0.1) is 4.90 Å². The van der Waals surface area contributed by atoms with Crippen molar-refractivity contribution in [3.63, 3.8) is 0 Å². The zero-order valence-corrected chi connectivity index (χ0v) is 11.2. The highest BCUT2D eigenvalue weighted by atomic mass is 32.2. The van der Waals surface area contributed by atoms with Crippen LogP contribution in [0.2, 0.25) is 0 Å². The van der Waals surface area contributed by atoms with Gasteiger partial charge in [-0.15, -0.1) is 0 Å². The Morgan fingerprint density at radius 1 is 1.10 bits per heavy atom. The van der Waals surface area contributed by atoms with Gasteiger partial charge >= 0.3 is 0 Å². The molecule has 1 aliphatic rings. The van der Waals surface area contributed by atoms with Gasteiger partial charge in [-0.2, -0.15) is 0 Å². The quantitative estimate of drug-likeness (QED) is 0.626. The van der Waals surface area contributed by atoms with Crippen LogP contribution >= 0.6 is 0 Å². The van der Waals surface area contributed by atoms with Crippen molar-refractivity contribution in [2.24, 2.45) is 0 Å². The van der Waals surface area contributed by atoms with E-state index in [-0.39, 0.29) is 21.5 Å². The fourth-order valence-corrected chi connectivity index (χ4v) is 3.83. The van der Waals surface area contributed by atoms with Crippen molar-refractivity contribution >= 4 is 32.6 Å². The third-order valence-electron chi connectivity index (χ3n) is 3.11. The number of carbonyl (C=O) groups is 2. The van der Waals surface area contributed by atoms with Gasteiger partial charge in [0.15, 0.2) is 9.84 Å². The number of phenols is 1. The van der Waals surface area contributed by atoms with Gasteiger partial charge in [0, 0.05) is 11.6 Å². The van der Waals surface area contributed by atoms with Crippen molar-refractivity contribution in [3.8, 4) is 5.75 Å². The number of aromatic hydroxyl groups is 1. The Balaban J connectivity index is 2.28. The van der Waals surface area contributed by atoms with Crippen LogP contribution < -0.4 is 10.9 Å². The fraction of sp³-hybridized carbons (Fsp3) is 0.0833. The molecule has 2 heterocycles. The lowest BCUT2D eigenvalue weighted by molar-refractivity contribution is -0.121. The normalized spacial score (nSPS) is 16.0. The van der Waals surface area contributed by atoms with Gasteiger partial charge in [-0.3, -0.25) is 25.4 Å². The van der Waals surface area contributed by atoms with Crippen LogP contribution in [0.3, 0.4) is 0 Å². The molecule has 1 fully saturated rings. The topological polar surface area (TPSA) is 125 Å². The van der Waals surface area contributed by atoms with Crippen LogP contribution in [-0.2, 0) is 19.4 Å². The zero-order chi connectivity index (χ0) is 15.2. The molecule has 0 radical (unpaired) electrons. The van der Waals surface area contributed by atoms with Crippen molar-refractivity contribution in [3.05, 3.63) is 30.5 Å². The number of phenolic OH excluding ortho intramolecular Hbond substituents is 1. The number of amides is 2. The number of aromatic nitrogens is 1. The van der Waals surface area contributed by atoms with Crippen molar-refractivity contribution in [2.45, 2.75) is 10.1 Å². The molecule has 2 amide bonds. The summed E-state index contributed by atoms with van der Waals surface area (Å²) < 4.78 is 25.1. The summed E-state index contributed by atoms with van der Waals surface area (Å²) in [5.74, 6) is -2.07. The molecule has 2 aromatic rings. The van der Waals surface area contributed by atoms with Crippen molar-refractivity contribution in [1.29, 1.82) is 0 Å². The first kappa shape index (κ1) is 13.3. The van der Waals surface area contributed by atoms with Crippen LogP contribution in [0.4, 0.5) is 0 Å². The number of hydrazine groups is 1. The Bertz CT molecular complexity index is 862. The Morgan fingerprint density at radius 2 is 1.76 bits per heavy atom. The Kier molecular flexibility index (Phi) is 2.80. The summed E-state index contributed by atoms with van der Waals surface area (Å²) in [6.07, 6.45) is 1.40. The van der Waals surface area contributed by atoms with E-state index in [2.05, 4.69) is 4.98 Å². The minimum Gasteiger partial charge on any atom is -0.506 e. The Morgan fingerprint density at radius 3 is 2.43 bits per heavy atom. The molecule has 0 saturated carbocycles. The van der Waals surface area contributed by atoms with E-state index >= 15 is 0 Å². The molecule has 9 heteroatoms. The molecule has 0 bridgehead atoms. The maximum absolute atomic E-state index is 12.5. The first-order chi connectivity index (χ1) is 9.93. The SMILES string of the molecule is O=C1NNC(=O)C1S(=O)(=O)c1ccc(O)c2ncccc12. The predicted molar refractivity (Wildman–Crippen MR) is 70.7 cm³/mol.